The van der Waals surface area contributed by atoms with Crippen LogP contribution in [0.5, 0.6) is 5.75 Å². The number of aliphatic imine (C=N–C) groups is 1. The molecule has 1 aromatic heterocycles. The Labute approximate surface area is 291 Å². The van der Waals surface area contributed by atoms with E-state index in [1.165, 1.54) is 11.3 Å². The van der Waals surface area contributed by atoms with Gasteiger partial charge in [0, 0.05) is 50.6 Å². The molecule has 5 aromatic carbocycles. The van der Waals surface area contributed by atoms with E-state index in [1.807, 2.05) is 18.2 Å². The second kappa shape index (κ2) is 11.8. The Morgan fingerprint density at radius 3 is 2.40 bits per heavy atom. The van der Waals surface area contributed by atoms with Crippen molar-refractivity contribution in [3.63, 3.8) is 0 Å². The lowest BCUT2D eigenvalue weighted by Crippen LogP contribution is -2.31. The Hall–Kier alpha value is -6.13. The maximum Gasteiger partial charge on any atom is 0.143 e. The Morgan fingerprint density at radius 2 is 1.48 bits per heavy atom. The summed E-state index contributed by atoms with van der Waals surface area (Å²) >= 11 is 0. The summed E-state index contributed by atoms with van der Waals surface area (Å²) < 4.78 is 13.3. The Bertz CT molecular complexity index is 2490. The first-order chi connectivity index (χ1) is 24.8. The van der Waals surface area contributed by atoms with Gasteiger partial charge in [-0.25, -0.2) is 0 Å². The molecule has 4 unspecified atom stereocenters. The number of nitrogens with one attached hydrogen (secondary N) is 1. The maximum atomic E-state index is 6.70. The summed E-state index contributed by atoms with van der Waals surface area (Å²) in [6, 6.07) is 38.4. The monoisotopic (exact) mass is 646 g/mol. The summed E-state index contributed by atoms with van der Waals surface area (Å²) in [5.74, 6) is 2.31. The molecule has 6 aromatic rings. The molecule has 0 spiro atoms. The minimum absolute atomic E-state index is 0.00500. The van der Waals surface area contributed by atoms with Gasteiger partial charge in [-0.3, -0.25) is 4.99 Å². The van der Waals surface area contributed by atoms with Crippen molar-refractivity contribution in [1.29, 1.82) is 0 Å². The van der Waals surface area contributed by atoms with E-state index in [1.54, 1.807) is 0 Å². The smallest absolute Gasteiger partial charge is 0.143 e. The van der Waals surface area contributed by atoms with Crippen LogP contribution in [0, 0.1) is 5.92 Å². The lowest BCUT2D eigenvalue weighted by atomic mass is 9.86. The number of amidine groups is 1. The number of benzene rings is 5. The highest BCUT2D eigenvalue weighted by molar-refractivity contribution is 6.11. The lowest BCUT2D eigenvalue weighted by Gasteiger charge is -2.27. The Balaban J connectivity index is 1.18. The molecule has 10 rings (SSSR count). The van der Waals surface area contributed by atoms with Gasteiger partial charge in [0.25, 0.3) is 0 Å². The van der Waals surface area contributed by atoms with Crippen LogP contribution >= 0.6 is 0 Å². The SMILES string of the molecule is C1=CCC(C2=CC(c3ccc(-c4cccc5c4OC4C=CC=CC54)c(-c4cccc5c4oc4ccccc45)c3)N=C(c3ccccc3)N2)C=C1. The molecule has 4 atom stereocenters. The molecule has 1 N–H and O–H groups in total. The molecule has 0 fully saturated rings. The van der Waals surface area contributed by atoms with Crippen molar-refractivity contribution in [3.05, 3.63) is 186 Å². The fraction of sp³-hybridized carbons (Fsp3) is 0.109. The van der Waals surface area contributed by atoms with Gasteiger partial charge in [-0.15, -0.1) is 0 Å². The zero-order valence-corrected chi connectivity index (χ0v) is 27.4. The van der Waals surface area contributed by atoms with Gasteiger partial charge in [0.1, 0.15) is 28.9 Å². The third-order valence-electron chi connectivity index (χ3n) is 10.4. The minimum Gasteiger partial charge on any atom is -0.484 e. The summed E-state index contributed by atoms with van der Waals surface area (Å²) in [6.07, 6.45) is 20.7. The minimum atomic E-state index is -0.181. The Kier molecular flexibility index (Phi) is 6.80. The average Bonchev–Trinajstić information content (AvgIpc) is 3.77. The van der Waals surface area contributed by atoms with E-state index in [0.717, 1.165) is 73.3 Å². The highest BCUT2D eigenvalue weighted by atomic mass is 16.5. The second-order valence-electron chi connectivity index (χ2n) is 13.4. The number of para-hydroxylation sites is 3. The zero-order chi connectivity index (χ0) is 33.0. The zero-order valence-electron chi connectivity index (χ0n) is 27.4. The number of hydrogen-bond donors (Lipinski definition) is 1. The molecule has 0 bridgehead atoms. The van der Waals surface area contributed by atoms with Gasteiger partial charge in [-0.1, -0.05) is 140 Å². The van der Waals surface area contributed by atoms with E-state index >= 15 is 0 Å². The normalized spacial score (nSPS) is 21.8. The van der Waals surface area contributed by atoms with Crippen LogP contribution in [-0.2, 0) is 0 Å². The van der Waals surface area contributed by atoms with Crippen LogP contribution in [-0.4, -0.2) is 11.9 Å². The van der Waals surface area contributed by atoms with E-state index in [2.05, 4.69) is 151 Å². The number of nitrogens with zero attached hydrogens (tertiary/aromatic N) is 1. The molecular weight excluding hydrogens is 613 g/mol. The van der Waals surface area contributed by atoms with Crippen LogP contribution in [0.25, 0.3) is 44.2 Å². The van der Waals surface area contributed by atoms with Crippen LogP contribution in [0.4, 0.5) is 0 Å². The maximum absolute atomic E-state index is 6.70. The summed E-state index contributed by atoms with van der Waals surface area (Å²) in [5.41, 5.74) is 10.7. The van der Waals surface area contributed by atoms with Crippen molar-refractivity contribution in [2.75, 3.05) is 0 Å². The van der Waals surface area contributed by atoms with Crippen molar-refractivity contribution in [2.24, 2.45) is 10.9 Å². The standard InChI is InChI=1S/C46H34N2O2/c1-3-13-29(14-4-1)40-28-41(48-46(47-40)30-15-5-2-6-16-30)31-25-26-32(35-19-11-20-36-33-17-7-9-23-42(33)49-44(35)36)39(27-31)38-22-12-21-37-34-18-8-10-24-43(34)50-45(37)38/h1-13,15-29,33,41-42H,14H2,(H,47,48). The molecule has 50 heavy (non-hydrogen) atoms. The quantitative estimate of drug-likeness (QED) is 0.203. The molecule has 2 aliphatic heterocycles. The highest BCUT2D eigenvalue weighted by Gasteiger charge is 2.34. The predicted molar refractivity (Wildman–Crippen MR) is 203 cm³/mol. The number of allylic oxidation sites excluding steroid dienone is 6. The molecular formula is C46H34N2O2. The molecule has 4 nitrogen and oxygen atoms in total. The van der Waals surface area contributed by atoms with E-state index in [4.69, 9.17) is 14.1 Å². The van der Waals surface area contributed by atoms with E-state index < -0.39 is 0 Å². The van der Waals surface area contributed by atoms with E-state index in [0.29, 0.717) is 0 Å². The molecule has 3 heterocycles. The summed E-state index contributed by atoms with van der Waals surface area (Å²) in [4.78, 5) is 5.33. The third kappa shape index (κ3) is 4.79. The van der Waals surface area contributed by atoms with Crippen molar-refractivity contribution in [1.82, 2.24) is 5.32 Å². The third-order valence-corrected chi connectivity index (χ3v) is 10.4. The van der Waals surface area contributed by atoms with Crippen LogP contribution in [0.15, 0.2) is 179 Å². The van der Waals surface area contributed by atoms with Crippen molar-refractivity contribution in [3.8, 4) is 28.0 Å². The topological polar surface area (TPSA) is 46.8 Å². The Morgan fingerprint density at radius 1 is 0.660 bits per heavy atom. The molecule has 4 aliphatic rings. The molecule has 0 amide bonds. The van der Waals surface area contributed by atoms with Gasteiger partial charge < -0.3 is 14.5 Å². The average molecular weight is 647 g/mol. The van der Waals surface area contributed by atoms with E-state index in [9.17, 15) is 0 Å². The fourth-order valence-corrected chi connectivity index (χ4v) is 7.94. The van der Waals surface area contributed by atoms with Gasteiger partial charge >= 0.3 is 0 Å². The molecule has 2 aliphatic carbocycles. The first-order valence-electron chi connectivity index (χ1n) is 17.4. The predicted octanol–water partition coefficient (Wildman–Crippen LogP) is 11.0. The molecule has 240 valence electrons. The number of rotatable bonds is 5. The van der Waals surface area contributed by atoms with Gasteiger partial charge in [-0.05, 0) is 47.4 Å². The number of furan rings is 1. The molecule has 0 radical (unpaired) electrons. The largest absolute Gasteiger partial charge is 0.484 e. The van der Waals surface area contributed by atoms with E-state index in [-0.39, 0.29) is 24.0 Å². The first kappa shape index (κ1) is 28.8. The summed E-state index contributed by atoms with van der Waals surface area (Å²) in [5, 5.41) is 5.92. The fourth-order valence-electron chi connectivity index (χ4n) is 7.94. The molecule has 0 saturated heterocycles. The first-order valence-corrected chi connectivity index (χ1v) is 17.4. The second-order valence-corrected chi connectivity index (χ2v) is 13.4. The molecule has 0 saturated carbocycles. The van der Waals surface area contributed by atoms with Crippen LogP contribution in [0.1, 0.15) is 35.1 Å². The lowest BCUT2D eigenvalue weighted by molar-refractivity contribution is 0.270. The molecule has 4 heteroatoms. The number of fused-ring (bicyclic) bond motifs is 6. The van der Waals surface area contributed by atoms with Crippen molar-refractivity contribution < 1.29 is 9.15 Å². The van der Waals surface area contributed by atoms with Crippen LogP contribution in [0.2, 0.25) is 0 Å². The van der Waals surface area contributed by atoms with Gasteiger partial charge in [0.2, 0.25) is 0 Å². The highest BCUT2D eigenvalue weighted by Crippen LogP contribution is 2.50. The number of ether oxygens (including phenoxy) is 1. The van der Waals surface area contributed by atoms with Gasteiger partial charge in [0.05, 0.1) is 6.04 Å². The number of hydrogen-bond acceptors (Lipinski definition) is 4. The van der Waals surface area contributed by atoms with Crippen molar-refractivity contribution >= 4 is 27.8 Å². The van der Waals surface area contributed by atoms with Crippen molar-refractivity contribution in [2.45, 2.75) is 24.5 Å². The van der Waals surface area contributed by atoms with Gasteiger partial charge in [0.15, 0.2) is 0 Å². The van der Waals surface area contributed by atoms with Gasteiger partial charge in [-0.2, -0.15) is 0 Å². The summed E-state index contributed by atoms with van der Waals surface area (Å²) in [6.45, 7) is 0. The summed E-state index contributed by atoms with van der Waals surface area (Å²) in [7, 11) is 0. The van der Waals surface area contributed by atoms with Crippen LogP contribution < -0.4 is 10.1 Å². The van der Waals surface area contributed by atoms with Crippen LogP contribution in [0.3, 0.4) is 0 Å².